The molecule has 0 unspecified atom stereocenters. The van der Waals surface area contributed by atoms with Crippen LogP contribution in [0.4, 0.5) is 0 Å². The molecule has 1 saturated carbocycles. The zero-order valence-electron chi connectivity index (χ0n) is 12.4. The topological polar surface area (TPSA) is 34.0 Å². The van der Waals surface area contributed by atoms with E-state index in [1.807, 2.05) is 28.6 Å². The van der Waals surface area contributed by atoms with E-state index in [0.717, 1.165) is 16.7 Å². The first-order valence-corrected chi connectivity index (χ1v) is 9.20. The molecule has 112 valence electrons. The molecule has 2 rings (SSSR count). The van der Waals surface area contributed by atoms with Crippen LogP contribution in [0.1, 0.15) is 56.1 Å². The van der Waals surface area contributed by atoms with Crippen molar-refractivity contribution in [2.45, 2.75) is 50.3 Å². The van der Waals surface area contributed by atoms with Crippen LogP contribution in [0.3, 0.4) is 0 Å². The van der Waals surface area contributed by atoms with Gasteiger partial charge in [-0.05, 0) is 54.9 Å². The molecule has 5 heteroatoms. The molecule has 0 aromatic carbocycles. The maximum absolute atomic E-state index is 12.4. The van der Waals surface area contributed by atoms with Crippen LogP contribution in [0.5, 0.6) is 0 Å². The number of carbonyl (C=O) groups is 1. The van der Waals surface area contributed by atoms with E-state index in [-0.39, 0.29) is 16.7 Å². The third kappa shape index (κ3) is 3.42. The smallest absolute Gasteiger partial charge is 0.268 e. The van der Waals surface area contributed by atoms with Crippen LogP contribution in [0.25, 0.3) is 0 Å². The largest absolute Gasteiger partial charge is 0.349 e. The molecule has 1 aliphatic carbocycles. The Balaban J connectivity index is 2.05. The van der Waals surface area contributed by atoms with Crippen molar-refractivity contribution in [1.29, 1.82) is 0 Å². The first-order chi connectivity index (χ1) is 9.47. The lowest BCUT2D eigenvalue weighted by molar-refractivity contribution is 0.0939. The highest BCUT2D eigenvalue weighted by molar-refractivity contribution is 9.10. The first-order valence-electron chi connectivity index (χ1n) is 7.18. The molecule has 0 saturated heterocycles. The SMILES string of the molecule is CSC1(CNC(=O)c2cc(Br)cn2C(C)C)CCCC1. The maximum atomic E-state index is 12.4. The molecule has 0 atom stereocenters. The Kier molecular flexibility index (Phi) is 5.24. The van der Waals surface area contributed by atoms with E-state index in [1.54, 1.807) is 0 Å². The fourth-order valence-corrected chi connectivity index (χ4v) is 4.21. The van der Waals surface area contributed by atoms with Gasteiger partial charge in [-0.1, -0.05) is 12.8 Å². The van der Waals surface area contributed by atoms with E-state index in [1.165, 1.54) is 25.7 Å². The molecular formula is C15H23BrN2OS. The normalized spacial score (nSPS) is 17.6. The predicted molar refractivity (Wildman–Crippen MR) is 89.6 cm³/mol. The number of hydrogen-bond acceptors (Lipinski definition) is 2. The summed E-state index contributed by atoms with van der Waals surface area (Å²) >= 11 is 5.36. The number of nitrogens with zero attached hydrogens (tertiary/aromatic N) is 1. The lowest BCUT2D eigenvalue weighted by atomic mass is 10.1. The van der Waals surface area contributed by atoms with Gasteiger partial charge in [0.25, 0.3) is 5.91 Å². The van der Waals surface area contributed by atoms with E-state index in [2.05, 4.69) is 41.3 Å². The summed E-state index contributed by atoms with van der Waals surface area (Å²) in [5.41, 5.74) is 0.737. The van der Waals surface area contributed by atoms with Crippen LogP contribution in [-0.4, -0.2) is 28.0 Å². The van der Waals surface area contributed by atoms with Crippen LogP contribution in [0.2, 0.25) is 0 Å². The number of aromatic nitrogens is 1. The van der Waals surface area contributed by atoms with Crippen molar-refractivity contribution >= 4 is 33.6 Å². The van der Waals surface area contributed by atoms with Gasteiger partial charge in [-0.3, -0.25) is 4.79 Å². The number of hydrogen-bond donors (Lipinski definition) is 1. The Morgan fingerprint density at radius 3 is 2.70 bits per heavy atom. The molecule has 20 heavy (non-hydrogen) atoms. The second-order valence-corrected chi connectivity index (χ2v) is 8.01. The minimum Gasteiger partial charge on any atom is -0.349 e. The van der Waals surface area contributed by atoms with Crippen LogP contribution in [-0.2, 0) is 0 Å². The van der Waals surface area contributed by atoms with Gasteiger partial charge in [0.05, 0.1) is 0 Å². The molecule has 1 N–H and O–H groups in total. The van der Waals surface area contributed by atoms with E-state index in [4.69, 9.17) is 0 Å². The van der Waals surface area contributed by atoms with Crippen LogP contribution < -0.4 is 5.32 Å². The first kappa shape index (κ1) is 16.0. The molecule has 1 aromatic heterocycles. The van der Waals surface area contributed by atoms with Gasteiger partial charge in [0.1, 0.15) is 5.69 Å². The Morgan fingerprint density at radius 1 is 1.50 bits per heavy atom. The number of halogens is 1. The Labute approximate surface area is 134 Å². The van der Waals surface area contributed by atoms with Crippen LogP contribution in [0, 0.1) is 0 Å². The highest BCUT2D eigenvalue weighted by atomic mass is 79.9. The third-order valence-corrected chi connectivity index (χ3v) is 5.98. The monoisotopic (exact) mass is 358 g/mol. The summed E-state index contributed by atoms with van der Waals surface area (Å²) < 4.78 is 3.22. The standard InChI is InChI=1S/C15H23BrN2OS/c1-11(2)18-9-12(16)8-13(18)14(19)17-10-15(20-3)6-4-5-7-15/h8-9,11H,4-7,10H2,1-3H3,(H,17,19). The summed E-state index contributed by atoms with van der Waals surface area (Å²) in [6.07, 6.45) is 9.12. The van der Waals surface area contributed by atoms with Crippen molar-refractivity contribution in [1.82, 2.24) is 9.88 Å². The van der Waals surface area contributed by atoms with Crippen molar-refractivity contribution in [3.8, 4) is 0 Å². The van der Waals surface area contributed by atoms with Crippen molar-refractivity contribution < 1.29 is 4.79 Å². The highest BCUT2D eigenvalue weighted by Gasteiger charge is 2.33. The van der Waals surface area contributed by atoms with E-state index in [0.29, 0.717) is 0 Å². The predicted octanol–water partition coefficient (Wildman–Crippen LogP) is 4.24. The average molecular weight is 359 g/mol. The summed E-state index contributed by atoms with van der Waals surface area (Å²) in [6, 6.07) is 2.18. The van der Waals surface area contributed by atoms with Crippen molar-refractivity contribution in [3.63, 3.8) is 0 Å². The summed E-state index contributed by atoms with van der Waals surface area (Å²) in [7, 11) is 0. The molecule has 1 aromatic rings. The average Bonchev–Trinajstić information content (AvgIpc) is 3.03. The summed E-state index contributed by atoms with van der Waals surface area (Å²) in [6.45, 7) is 4.95. The fourth-order valence-electron chi connectivity index (χ4n) is 2.86. The molecule has 0 spiro atoms. The van der Waals surface area contributed by atoms with Gasteiger partial charge >= 0.3 is 0 Å². The second kappa shape index (κ2) is 6.56. The van der Waals surface area contributed by atoms with E-state index < -0.39 is 0 Å². The van der Waals surface area contributed by atoms with E-state index in [9.17, 15) is 4.79 Å². The highest BCUT2D eigenvalue weighted by Crippen LogP contribution is 2.39. The second-order valence-electron chi connectivity index (χ2n) is 5.82. The quantitative estimate of drug-likeness (QED) is 0.853. The van der Waals surface area contributed by atoms with E-state index >= 15 is 0 Å². The molecule has 1 heterocycles. The number of amides is 1. The van der Waals surface area contributed by atoms with Crippen LogP contribution in [0.15, 0.2) is 16.7 Å². The Hall–Kier alpha value is -0.420. The van der Waals surface area contributed by atoms with Gasteiger partial charge in [0.2, 0.25) is 0 Å². The molecule has 1 fully saturated rings. The number of nitrogens with one attached hydrogen (secondary N) is 1. The maximum Gasteiger partial charge on any atom is 0.268 e. The lowest BCUT2D eigenvalue weighted by Gasteiger charge is -2.27. The van der Waals surface area contributed by atoms with Gasteiger partial charge in [-0.2, -0.15) is 11.8 Å². The zero-order chi connectivity index (χ0) is 14.8. The molecule has 0 bridgehead atoms. The molecule has 1 amide bonds. The number of rotatable bonds is 5. The number of thioether (sulfide) groups is 1. The minimum atomic E-state index is 0.0322. The van der Waals surface area contributed by atoms with Gasteiger partial charge < -0.3 is 9.88 Å². The number of carbonyl (C=O) groups excluding carboxylic acids is 1. The Bertz CT molecular complexity index is 478. The van der Waals surface area contributed by atoms with Crippen molar-refractivity contribution in [3.05, 3.63) is 22.4 Å². The fraction of sp³-hybridized carbons (Fsp3) is 0.667. The van der Waals surface area contributed by atoms with Crippen molar-refractivity contribution in [2.75, 3.05) is 12.8 Å². The molecule has 0 radical (unpaired) electrons. The van der Waals surface area contributed by atoms with Gasteiger partial charge in [-0.25, -0.2) is 0 Å². The molecular weight excluding hydrogens is 336 g/mol. The Morgan fingerprint density at radius 2 is 2.15 bits per heavy atom. The molecule has 1 aliphatic rings. The third-order valence-electron chi connectivity index (χ3n) is 4.12. The lowest BCUT2D eigenvalue weighted by Crippen LogP contribution is -2.39. The van der Waals surface area contributed by atoms with Crippen molar-refractivity contribution in [2.24, 2.45) is 0 Å². The van der Waals surface area contributed by atoms with Crippen LogP contribution >= 0.6 is 27.7 Å². The minimum absolute atomic E-state index is 0.0322. The summed E-state index contributed by atoms with van der Waals surface area (Å²) in [5, 5.41) is 3.14. The van der Waals surface area contributed by atoms with Gasteiger partial charge in [-0.15, -0.1) is 0 Å². The van der Waals surface area contributed by atoms with Gasteiger partial charge in [0, 0.05) is 28.0 Å². The zero-order valence-corrected chi connectivity index (χ0v) is 14.8. The molecule has 0 aliphatic heterocycles. The van der Waals surface area contributed by atoms with Gasteiger partial charge in [0.15, 0.2) is 0 Å². The molecule has 3 nitrogen and oxygen atoms in total. The summed E-state index contributed by atoms with van der Waals surface area (Å²) in [4.78, 5) is 12.4. The summed E-state index contributed by atoms with van der Waals surface area (Å²) in [5.74, 6) is 0.0322.